The molecule has 212 valence electrons. The van der Waals surface area contributed by atoms with Gasteiger partial charge < -0.3 is 24.6 Å². The van der Waals surface area contributed by atoms with Crippen molar-refractivity contribution in [2.45, 2.75) is 33.5 Å². The minimum absolute atomic E-state index is 0.0848. The quantitative estimate of drug-likeness (QED) is 0.309. The van der Waals surface area contributed by atoms with E-state index in [1.165, 1.54) is 39.8 Å². The zero-order valence-corrected chi connectivity index (χ0v) is 22.3. The number of carbonyl (C=O) groups is 3. The Hall–Kier alpha value is -4.95. The van der Waals surface area contributed by atoms with Crippen LogP contribution >= 0.6 is 0 Å². The molecule has 15 nitrogen and oxygen atoms in total. The van der Waals surface area contributed by atoms with Crippen LogP contribution in [-0.2, 0) is 16.3 Å². The number of piperazine rings is 1. The van der Waals surface area contributed by atoms with E-state index in [0.717, 1.165) is 0 Å². The highest BCUT2D eigenvalue weighted by Crippen LogP contribution is 2.26. The molecule has 3 aromatic rings. The molecule has 1 N–H and O–H groups in total. The molecule has 1 unspecified atom stereocenters. The van der Waals surface area contributed by atoms with E-state index in [1.807, 2.05) is 0 Å². The van der Waals surface area contributed by atoms with Crippen molar-refractivity contribution in [2.24, 2.45) is 0 Å². The molecule has 1 fully saturated rings. The van der Waals surface area contributed by atoms with Crippen LogP contribution in [0.5, 0.6) is 5.75 Å². The highest BCUT2D eigenvalue weighted by atomic mass is 16.6. The highest BCUT2D eigenvalue weighted by Gasteiger charge is 2.29. The van der Waals surface area contributed by atoms with E-state index in [-0.39, 0.29) is 35.9 Å². The summed E-state index contributed by atoms with van der Waals surface area (Å²) in [6.07, 6.45) is 2.71. The second-order valence-electron chi connectivity index (χ2n) is 8.99. The molecule has 0 saturated carbocycles. The molecule has 1 saturated heterocycles. The third-order valence-corrected chi connectivity index (χ3v) is 6.32. The Kier molecular flexibility index (Phi) is 8.61. The number of para-hydroxylation sites is 2. The van der Waals surface area contributed by atoms with E-state index in [0.29, 0.717) is 44.2 Å². The van der Waals surface area contributed by atoms with Crippen LogP contribution in [0, 0.1) is 17.0 Å². The van der Waals surface area contributed by atoms with E-state index in [9.17, 15) is 24.5 Å². The SMILES string of the molecule is CCOC(=O)N1CCN(C(=O)C(C)n2cc(NC(=O)c3ccn(COc4ccccc4[N+](=O)[O-])n3)c(C)n2)CC1. The van der Waals surface area contributed by atoms with Gasteiger partial charge >= 0.3 is 11.8 Å². The maximum absolute atomic E-state index is 13.1. The number of hydrogen-bond acceptors (Lipinski definition) is 9. The largest absolute Gasteiger partial charge is 0.464 e. The zero-order chi connectivity index (χ0) is 28.8. The third kappa shape index (κ3) is 6.36. The average Bonchev–Trinajstić information content (AvgIpc) is 3.58. The van der Waals surface area contributed by atoms with Gasteiger partial charge in [0.25, 0.3) is 5.91 Å². The number of benzene rings is 1. The topological polar surface area (TPSA) is 167 Å². The lowest BCUT2D eigenvalue weighted by atomic mass is 10.2. The summed E-state index contributed by atoms with van der Waals surface area (Å²) in [7, 11) is 0. The van der Waals surface area contributed by atoms with Gasteiger partial charge in [-0.25, -0.2) is 9.48 Å². The summed E-state index contributed by atoms with van der Waals surface area (Å²) in [6.45, 7) is 6.87. The first-order valence-electron chi connectivity index (χ1n) is 12.6. The molecular formula is C25H30N8O7. The minimum atomic E-state index is -0.628. The summed E-state index contributed by atoms with van der Waals surface area (Å²) in [5.41, 5.74) is 0.857. The lowest BCUT2D eigenvalue weighted by molar-refractivity contribution is -0.386. The van der Waals surface area contributed by atoms with E-state index in [2.05, 4.69) is 15.5 Å². The molecule has 40 heavy (non-hydrogen) atoms. The monoisotopic (exact) mass is 554 g/mol. The van der Waals surface area contributed by atoms with Crippen LogP contribution in [0.4, 0.5) is 16.2 Å². The molecule has 4 rings (SSSR count). The van der Waals surface area contributed by atoms with Gasteiger partial charge in [0.1, 0.15) is 6.04 Å². The van der Waals surface area contributed by atoms with Crippen molar-refractivity contribution in [1.82, 2.24) is 29.4 Å². The molecule has 1 aliphatic rings. The fourth-order valence-corrected chi connectivity index (χ4v) is 4.11. The normalized spacial score (nSPS) is 14.0. The van der Waals surface area contributed by atoms with Crippen molar-refractivity contribution < 1.29 is 28.8 Å². The van der Waals surface area contributed by atoms with E-state index >= 15 is 0 Å². The maximum Gasteiger partial charge on any atom is 0.409 e. The van der Waals surface area contributed by atoms with Gasteiger partial charge in [0.15, 0.2) is 18.2 Å². The Balaban J connectivity index is 1.33. The van der Waals surface area contributed by atoms with Crippen LogP contribution in [0.3, 0.4) is 0 Å². The first-order chi connectivity index (χ1) is 19.2. The van der Waals surface area contributed by atoms with Gasteiger partial charge in [-0.15, -0.1) is 0 Å². The van der Waals surface area contributed by atoms with Gasteiger partial charge in [-0.2, -0.15) is 10.2 Å². The summed E-state index contributed by atoms with van der Waals surface area (Å²) in [5, 5.41) is 22.5. The number of nitrogens with one attached hydrogen (secondary N) is 1. The molecule has 0 bridgehead atoms. The summed E-state index contributed by atoms with van der Waals surface area (Å²) in [5.74, 6) is -0.566. The molecule has 3 heterocycles. The number of rotatable bonds is 9. The molecule has 0 radical (unpaired) electrons. The number of nitro benzene ring substituents is 1. The summed E-state index contributed by atoms with van der Waals surface area (Å²) < 4.78 is 13.3. The lowest BCUT2D eigenvalue weighted by Crippen LogP contribution is -2.52. The van der Waals surface area contributed by atoms with E-state index < -0.39 is 16.9 Å². The van der Waals surface area contributed by atoms with Crippen LogP contribution in [0.2, 0.25) is 0 Å². The summed E-state index contributed by atoms with van der Waals surface area (Å²) >= 11 is 0. The minimum Gasteiger partial charge on any atom is -0.464 e. The van der Waals surface area contributed by atoms with Crippen LogP contribution in [-0.4, -0.2) is 85.0 Å². The number of hydrogen-bond donors (Lipinski definition) is 1. The molecular weight excluding hydrogens is 524 g/mol. The second-order valence-corrected chi connectivity index (χ2v) is 8.99. The van der Waals surface area contributed by atoms with Gasteiger partial charge in [-0.1, -0.05) is 12.1 Å². The summed E-state index contributed by atoms with van der Waals surface area (Å²) in [6, 6.07) is 6.83. The Labute approximate surface area is 229 Å². The molecule has 1 aliphatic heterocycles. The number of nitro groups is 1. The molecule has 15 heteroatoms. The lowest BCUT2D eigenvalue weighted by Gasteiger charge is -2.35. The van der Waals surface area contributed by atoms with Crippen molar-refractivity contribution in [3.63, 3.8) is 0 Å². The Morgan fingerprint density at radius 3 is 2.50 bits per heavy atom. The van der Waals surface area contributed by atoms with Crippen molar-refractivity contribution in [3.8, 4) is 5.75 Å². The number of ether oxygens (including phenoxy) is 2. The third-order valence-electron chi connectivity index (χ3n) is 6.32. The average molecular weight is 555 g/mol. The zero-order valence-electron chi connectivity index (χ0n) is 22.3. The highest BCUT2D eigenvalue weighted by molar-refractivity contribution is 6.03. The van der Waals surface area contributed by atoms with Crippen LogP contribution < -0.4 is 10.1 Å². The van der Waals surface area contributed by atoms with Gasteiger partial charge in [0, 0.05) is 44.6 Å². The predicted octanol–water partition coefficient (Wildman–Crippen LogP) is 2.45. The van der Waals surface area contributed by atoms with Crippen LogP contribution in [0.1, 0.15) is 36.1 Å². The first-order valence-corrected chi connectivity index (χ1v) is 12.6. The number of carbonyl (C=O) groups excluding carboxylic acids is 3. The van der Waals surface area contributed by atoms with Crippen molar-refractivity contribution in [2.75, 3.05) is 38.1 Å². The smallest absolute Gasteiger partial charge is 0.409 e. The number of nitrogens with zero attached hydrogens (tertiary/aromatic N) is 7. The number of anilines is 1. The fraction of sp³-hybridized carbons (Fsp3) is 0.400. The van der Waals surface area contributed by atoms with Gasteiger partial charge in [0.2, 0.25) is 5.91 Å². The Bertz CT molecular complexity index is 1390. The van der Waals surface area contributed by atoms with Gasteiger partial charge in [-0.3, -0.25) is 24.4 Å². The maximum atomic E-state index is 13.1. The molecule has 2 aromatic heterocycles. The standard InChI is InChI=1S/C25H30N8O7/c1-4-39-25(36)30-13-11-29(12-14-30)24(35)18(3)32-15-20(17(2)27-32)26-23(34)19-9-10-31(28-19)16-40-22-8-6-5-7-21(22)33(37)38/h5-10,15,18H,4,11-14,16H2,1-3H3,(H,26,34). The van der Waals surface area contributed by atoms with E-state index in [1.54, 1.807) is 42.8 Å². The second kappa shape index (κ2) is 12.3. The Morgan fingerprint density at radius 2 is 1.80 bits per heavy atom. The molecule has 0 spiro atoms. The number of aromatic nitrogens is 4. The van der Waals surface area contributed by atoms with Crippen molar-refractivity contribution in [1.29, 1.82) is 0 Å². The van der Waals surface area contributed by atoms with Crippen molar-refractivity contribution >= 4 is 29.3 Å². The van der Waals surface area contributed by atoms with E-state index in [4.69, 9.17) is 9.47 Å². The predicted molar refractivity (Wildman–Crippen MR) is 141 cm³/mol. The number of aryl methyl sites for hydroxylation is 1. The Morgan fingerprint density at radius 1 is 1.10 bits per heavy atom. The molecule has 1 aromatic carbocycles. The molecule has 0 aliphatic carbocycles. The first kappa shape index (κ1) is 28.1. The molecule has 3 amide bonds. The summed E-state index contributed by atoms with van der Waals surface area (Å²) in [4.78, 5) is 51.6. The number of amides is 3. The van der Waals surface area contributed by atoms with Crippen LogP contribution in [0.15, 0.2) is 42.7 Å². The molecule has 1 atom stereocenters. The van der Waals surface area contributed by atoms with Crippen molar-refractivity contribution in [3.05, 3.63) is 64.2 Å². The van der Waals surface area contributed by atoms with Gasteiger partial charge in [0.05, 0.1) is 22.9 Å². The van der Waals surface area contributed by atoms with Crippen LogP contribution in [0.25, 0.3) is 0 Å². The van der Waals surface area contributed by atoms with Gasteiger partial charge in [-0.05, 0) is 32.9 Å². The fourth-order valence-electron chi connectivity index (χ4n) is 4.11.